The highest BCUT2D eigenvalue weighted by molar-refractivity contribution is 7.09. The van der Waals surface area contributed by atoms with E-state index in [-0.39, 0.29) is 5.91 Å². The second-order valence-electron chi connectivity index (χ2n) is 5.39. The Morgan fingerprint density at radius 3 is 2.61 bits per heavy atom. The summed E-state index contributed by atoms with van der Waals surface area (Å²) >= 11 is 1.64. The molecule has 0 radical (unpaired) electrons. The van der Waals surface area contributed by atoms with E-state index in [0.717, 1.165) is 28.4 Å². The molecule has 3 aromatic rings. The van der Waals surface area contributed by atoms with Gasteiger partial charge in [0, 0.05) is 36.4 Å². The van der Waals surface area contributed by atoms with Crippen LogP contribution in [0.1, 0.15) is 16.3 Å². The largest absolute Gasteiger partial charge is 0.355 e. The molecular formula is C18H19N3OS. The van der Waals surface area contributed by atoms with E-state index in [1.54, 1.807) is 11.3 Å². The molecule has 0 fully saturated rings. The summed E-state index contributed by atoms with van der Waals surface area (Å²) in [6.45, 7) is 2.62. The Morgan fingerprint density at radius 2 is 1.96 bits per heavy atom. The summed E-state index contributed by atoms with van der Waals surface area (Å²) in [7, 11) is 0. The minimum Gasteiger partial charge on any atom is -0.355 e. The molecule has 0 spiro atoms. The van der Waals surface area contributed by atoms with Crippen LogP contribution in [0.3, 0.4) is 0 Å². The molecule has 23 heavy (non-hydrogen) atoms. The number of carbonyl (C=O) groups is 1. The first-order valence-corrected chi connectivity index (χ1v) is 8.49. The smallest absolute Gasteiger partial charge is 0.224 e. The van der Waals surface area contributed by atoms with Gasteiger partial charge in [-0.3, -0.25) is 4.79 Å². The highest BCUT2D eigenvalue weighted by Gasteiger charge is 2.04. The Bertz CT molecular complexity index is 760. The van der Waals surface area contributed by atoms with Crippen LogP contribution in [0.4, 0.5) is 0 Å². The molecule has 1 aromatic carbocycles. The number of aryl methyl sites for hydroxylation is 1. The van der Waals surface area contributed by atoms with Gasteiger partial charge in [0.1, 0.15) is 0 Å². The highest BCUT2D eigenvalue weighted by Crippen LogP contribution is 2.11. The summed E-state index contributed by atoms with van der Waals surface area (Å²) in [5, 5.41) is 6.06. The summed E-state index contributed by atoms with van der Waals surface area (Å²) in [5.74, 6) is 0.0469. The zero-order valence-electron chi connectivity index (χ0n) is 13.0. The van der Waals surface area contributed by atoms with Gasteiger partial charge in [0.15, 0.2) is 0 Å². The Balaban J connectivity index is 1.48. The number of hydrogen-bond donors (Lipinski definition) is 1. The predicted molar refractivity (Wildman–Crippen MR) is 93.0 cm³/mol. The van der Waals surface area contributed by atoms with Crippen molar-refractivity contribution in [2.24, 2.45) is 0 Å². The average molecular weight is 325 g/mol. The van der Waals surface area contributed by atoms with Crippen molar-refractivity contribution in [1.82, 2.24) is 14.9 Å². The fourth-order valence-corrected chi connectivity index (χ4v) is 3.04. The zero-order chi connectivity index (χ0) is 16.1. The molecule has 0 saturated carbocycles. The van der Waals surface area contributed by atoms with Gasteiger partial charge in [-0.15, -0.1) is 11.3 Å². The van der Waals surface area contributed by atoms with Crippen molar-refractivity contribution >= 4 is 17.2 Å². The van der Waals surface area contributed by atoms with Gasteiger partial charge in [-0.2, -0.15) is 0 Å². The fraction of sp³-hybridized carbons (Fsp3) is 0.222. The number of nitrogens with one attached hydrogen (secondary N) is 1. The Hall–Kier alpha value is -2.40. The quantitative estimate of drug-likeness (QED) is 0.757. The van der Waals surface area contributed by atoms with E-state index in [1.807, 2.05) is 65.7 Å². The SMILES string of the molecule is Cc1nc(CCNC(=O)Cc2ccc(-n3cccc3)cc2)cs1. The molecule has 0 bridgehead atoms. The maximum Gasteiger partial charge on any atom is 0.224 e. The molecule has 1 N–H and O–H groups in total. The van der Waals surface area contributed by atoms with Crippen molar-refractivity contribution in [1.29, 1.82) is 0 Å². The maximum absolute atomic E-state index is 12.0. The lowest BCUT2D eigenvalue weighted by Crippen LogP contribution is -2.27. The van der Waals surface area contributed by atoms with Crippen LogP contribution in [0.15, 0.2) is 54.2 Å². The van der Waals surface area contributed by atoms with Crippen LogP contribution < -0.4 is 5.32 Å². The summed E-state index contributed by atoms with van der Waals surface area (Å²) < 4.78 is 2.04. The monoisotopic (exact) mass is 325 g/mol. The van der Waals surface area contributed by atoms with Crippen molar-refractivity contribution in [3.05, 3.63) is 70.4 Å². The first kappa shape index (κ1) is 15.5. The molecule has 0 saturated heterocycles. The molecule has 2 aromatic heterocycles. The number of nitrogens with zero attached hydrogens (tertiary/aromatic N) is 2. The van der Waals surface area contributed by atoms with E-state index in [4.69, 9.17) is 0 Å². The minimum atomic E-state index is 0.0469. The number of rotatable bonds is 6. The van der Waals surface area contributed by atoms with Gasteiger partial charge in [0.2, 0.25) is 5.91 Å². The summed E-state index contributed by atoms with van der Waals surface area (Å²) in [4.78, 5) is 16.4. The predicted octanol–water partition coefficient (Wildman–Crippen LogP) is 3.14. The van der Waals surface area contributed by atoms with Gasteiger partial charge in [-0.25, -0.2) is 4.98 Å². The summed E-state index contributed by atoms with van der Waals surface area (Å²) in [6.07, 6.45) is 5.19. The first-order chi connectivity index (χ1) is 11.2. The van der Waals surface area contributed by atoms with E-state index >= 15 is 0 Å². The van der Waals surface area contributed by atoms with Gasteiger partial charge in [-0.1, -0.05) is 12.1 Å². The van der Waals surface area contributed by atoms with Crippen molar-refractivity contribution in [2.45, 2.75) is 19.8 Å². The summed E-state index contributed by atoms with van der Waals surface area (Å²) in [5.41, 5.74) is 3.16. The molecule has 0 aliphatic rings. The van der Waals surface area contributed by atoms with E-state index in [9.17, 15) is 4.79 Å². The minimum absolute atomic E-state index is 0.0469. The molecule has 3 rings (SSSR count). The molecule has 118 valence electrons. The van der Waals surface area contributed by atoms with E-state index in [1.165, 1.54) is 0 Å². The second-order valence-corrected chi connectivity index (χ2v) is 6.45. The van der Waals surface area contributed by atoms with E-state index in [2.05, 4.69) is 10.3 Å². The number of benzene rings is 1. The average Bonchev–Trinajstić information content (AvgIpc) is 3.20. The van der Waals surface area contributed by atoms with E-state index in [0.29, 0.717) is 13.0 Å². The lowest BCUT2D eigenvalue weighted by atomic mass is 10.1. The molecule has 1 amide bonds. The van der Waals surface area contributed by atoms with Gasteiger partial charge in [0.25, 0.3) is 0 Å². The Morgan fingerprint density at radius 1 is 1.22 bits per heavy atom. The first-order valence-electron chi connectivity index (χ1n) is 7.61. The fourth-order valence-electron chi connectivity index (χ4n) is 2.39. The molecule has 0 aliphatic carbocycles. The second kappa shape index (κ2) is 7.24. The van der Waals surface area contributed by atoms with Crippen LogP contribution in [0.2, 0.25) is 0 Å². The molecule has 2 heterocycles. The van der Waals surface area contributed by atoms with Crippen LogP contribution in [-0.4, -0.2) is 22.0 Å². The number of amides is 1. The van der Waals surface area contributed by atoms with Crippen molar-refractivity contribution in [3.8, 4) is 5.69 Å². The topological polar surface area (TPSA) is 46.9 Å². The van der Waals surface area contributed by atoms with Gasteiger partial charge < -0.3 is 9.88 Å². The molecule has 0 aliphatic heterocycles. The van der Waals surface area contributed by atoms with E-state index < -0.39 is 0 Å². The Labute approximate surface area is 139 Å². The van der Waals surface area contributed by atoms with Crippen molar-refractivity contribution in [2.75, 3.05) is 6.54 Å². The van der Waals surface area contributed by atoms with Crippen LogP contribution in [-0.2, 0) is 17.6 Å². The van der Waals surface area contributed by atoms with Gasteiger partial charge >= 0.3 is 0 Å². The third-order valence-corrected chi connectivity index (χ3v) is 4.40. The number of thiazole rings is 1. The third-order valence-electron chi connectivity index (χ3n) is 3.57. The van der Waals surface area contributed by atoms with Gasteiger partial charge in [0.05, 0.1) is 17.1 Å². The molecule has 4 nitrogen and oxygen atoms in total. The van der Waals surface area contributed by atoms with Crippen molar-refractivity contribution < 1.29 is 4.79 Å². The number of hydrogen-bond acceptors (Lipinski definition) is 3. The van der Waals surface area contributed by atoms with Crippen LogP contribution in [0, 0.1) is 6.92 Å². The normalized spacial score (nSPS) is 10.7. The van der Waals surface area contributed by atoms with Crippen LogP contribution >= 0.6 is 11.3 Å². The molecule has 0 unspecified atom stereocenters. The van der Waals surface area contributed by atoms with Gasteiger partial charge in [-0.05, 0) is 36.8 Å². The Kier molecular flexibility index (Phi) is 4.88. The standard InChI is InChI=1S/C18H19N3OS/c1-14-20-16(13-23-14)8-9-19-18(22)12-15-4-6-17(7-5-15)21-10-2-3-11-21/h2-7,10-11,13H,8-9,12H2,1H3,(H,19,22). The summed E-state index contributed by atoms with van der Waals surface area (Å²) in [6, 6.07) is 12.0. The highest BCUT2D eigenvalue weighted by atomic mass is 32.1. The number of aromatic nitrogens is 2. The molecule has 0 atom stereocenters. The van der Waals surface area contributed by atoms with Crippen LogP contribution in [0.25, 0.3) is 5.69 Å². The number of carbonyl (C=O) groups excluding carboxylic acids is 1. The maximum atomic E-state index is 12.0. The van der Waals surface area contributed by atoms with Crippen LogP contribution in [0.5, 0.6) is 0 Å². The zero-order valence-corrected chi connectivity index (χ0v) is 13.8. The molecular weight excluding hydrogens is 306 g/mol. The van der Waals surface area contributed by atoms with Crippen molar-refractivity contribution in [3.63, 3.8) is 0 Å². The lowest BCUT2D eigenvalue weighted by Gasteiger charge is -2.06. The molecule has 5 heteroatoms. The third kappa shape index (κ3) is 4.29. The lowest BCUT2D eigenvalue weighted by molar-refractivity contribution is -0.120.